The molecule has 4 nitrogen and oxygen atoms in total. The van der Waals surface area contributed by atoms with Crippen LogP contribution in [0.4, 0.5) is 0 Å². The van der Waals surface area contributed by atoms with E-state index in [1.807, 2.05) is 30.3 Å². The number of para-hydroxylation sites is 1. The first-order valence-corrected chi connectivity index (χ1v) is 6.15. The summed E-state index contributed by atoms with van der Waals surface area (Å²) in [5.74, 6) is 0.800. The lowest BCUT2D eigenvalue weighted by molar-refractivity contribution is -0.127. The quantitative estimate of drug-likeness (QED) is 0.742. The highest BCUT2D eigenvalue weighted by atomic mass is 16.5. The Bertz CT molecular complexity index is 439. The van der Waals surface area contributed by atoms with Crippen molar-refractivity contribution in [3.05, 3.63) is 30.3 Å². The van der Waals surface area contributed by atoms with Crippen LogP contribution in [0.3, 0.4) is 0 Å². The summed E-state index contributed by atoms with van der Waals surface area (Å²) < 4.78 is 5.55. The average Bonchev–Trinajstić information content (AvgIpc) is 2.77. The molecule has 1 fully saturated rings. The summed E-state index contributed by atoms with van der Waals surface area (Å²) in [4.78, 5) is 13.3. The van der Waals surface area contributed by atoms with Gasteiger partial charge < -0.3 is 9.64 Å². The number of rotatable bonds is 5. The number of ether oxygens (including phenoxy) is 1. The van der Waals surface area contributed by atoms with E-state index in [-0.39, 0.29) is 11.8 Å². The van der Waals surface area contributed by atoms with Gasteiger partial charge in [0.05, 0.1) is 18.6 Å². The first kappa shape index (κ1) is 12.4. The van der Waals surface area contributed by atoms with Crippen molar-refractivity contribution in [3.8, 4) is 11.8 Å². The molecule has 1 saturated heterocycles. The fourth-order valence-corrected chi connectivity index (χ4v) is 2.04. The molecule has 1 atom stereocenters. The minimum absolute atomic E-state index is 0.0845. The van der Waals surface area contributed by atoms with E-state index in [1.54, 1.807) is 4.90 Å². The third-order valence-corrected chi connectivity index (χ3v) is 2.98. The molecule has 1 aromatic rings. The number of hydrogen-bond donors (Lipinski definition) is 0. The maximum Gasteiger partial charge on any atom is 0.224 e. The van der Waals surface area contributed by atoms with E-state index < -0.39 is 0 Å². The zero-order valence-corrected chi connectivity index (χ0v) is 10.2. The Morgan fingerprint density at radius 3 is 2.83 bits per heavy atom. The van der Waals surface area contributed by atoms with Crippen molar-refractivity contribution >= 4 is 5.91 Å². The summed E-state index contributed by atoms with van der Waals surface area (Å²) in [6.07, 6.45) is 1.16. The van der Waals surface area contributed by atoms with Gasteiger partial charge in [0.15, 0.2) is 0 Å². The van der Waals surface area contributed by atoms with Gasteiger partial charge in [-0.3, -0.25) is 4.79 Å². The molecule has 1 aromatic carbocycles. The maximum absolute atomic E-state index is 11.5. The summed E-state index contributed by atoms with van der Waals surface area (Å²) in [7, 11) is 0. The minimum Gasteiger partial charge on any atom is -0.494 e. The Balaban J connectivity index is 1.67. The van der Waals surface area contributed by atoms with Gasteiger partial charge in [-0.05, 0) is 18.6 Å². The largest absolute Gasteiger partial charge is 0.494 e. The third kappa shape index (κ3) is 3.24. The topological polar surface area (TPSA) is 53.3 Å². The Morgan fingerprint density at radius 1 is 1.39 bits per heavy atom. The summed E-state index contributed by atoms with van der Waals surface area (Å²) in [5, 5.41) is 8.77. The monoisotopic (exact) mass is 244 g/mol. The zero-order valence-electron chi connectivity index (χ0n) is 10.2. The Hall–Kier alpha value is -2.02. The lowest BCUT2D eigenvalue weighted by Gasteiger charge is -2.15. The number of nitriles is 1. The van der Waals surface area contributed by atoms with Crippen LogP contribution in [0.25, 0.3) is 0 Å². The smallest absolute Gasteiger partial charge is 0.224 e. The summed E-state index contributed by atoms with van der Waals surface area (Å²) >= 11 is 0. The van der Waals surface area contributed by atoms with Gasteiger partial charge in [-0.2, -0.15) is 5.26 Å². The van der Waals surface area contributed by atoms with Gasteiger partial charge in [0, 0.05) is 19.5 Å². The molecule has 0 radical (unpaired) electrons. The molecule has 2 rings (SSSR count). The predicted octanol–water partition coefficient (Wildman–Crippen LogP) is 1.83. The SMILES string of the molecule is N#CC1CC(=O)N(CCCOc2ccccc2)C1. The number of amides is 1. The van der Waals surface area contributed by atoms with Crippen molar-refractivity contribution in [3.63, 3.8) is 0 Å². The van der Waals surface area contributed by atoms with E-state index in [4.69, 9.17) is 10.00 Å². The lowest BCUT2D eigenvalue weighted by Crippen LogP contribution is -2.27. The van der Waals surface area contributed by atoms with Crippen LogP contribution in [0.5, 0.6) is 5.75 Å². The molecule has 1 heterocycles. The molecule has 18 heavy (non-hydrogen) atoms. The minimum atomic E-state index is -0.132. The second kappa shape index (κ2) is 6.06. The van der Waals surface area contributed by atoms with Crippen LogP contribution in [0, 0.1) is 17.2 Å². The molecule has 0 N–H and O–H groups in total. The second-order valence-electron chi connectivity index (χ2n) is 4.38. The molecule has 1 aliphatic rings. The summed E-state index contributed by atoms with van der Waals surface area (Å²) in [6.45, 7) is 1.83. The number of carbonyl (C=O) groups excluding carboxylic acids is 1. The van der Waals surface area contributed by atoms with Crippen molar-refractivity contribution in [2.24, 2.45) is 5.92 Å². The molecule has 0 aromatic heterocycles. The van der Waals surface area contributed by atoms with Gasteiger partial charge in [0.2, 0.25) is 5.91 Å². The van der Waals surface area contributed by atoms with Crippen molar-refractivity contribution < 1.29 is 9.53 Å². The zero-order chi connectivity index (χ0) is 12.8. The second-order valence-corrected chi connectivity index (χ2v) is 4.38. The highest BCUT2D eigenvalue weighted by molar-refractivity contribution is 5.79. The first-order chi connectivity index (χ1) is 8.79. The number of hydrogen-bond acceptors (Lipinski definition) is 3. The van der Waals surface area contributed by atoms with Gasteiger partial charge in [0.1, 0.15) is 5.75 Å². The van der Waals surface area contributed by atoms with Crippen molar-refractivity contribution in [2.75, 3.05) is 19.7 Å². The molecular weight excluding hydrogens is 228 g/mol. The van der Waals surface area contributed by atoms with E-state index >= 15 is 0 Å². The van der Waals surface area contributed by atoms with Crippen molar-refractivity contribution in [2.45, 2.75) is 12.8 Å². The van der Waals surface area contributed by atoms with Gasteiger partial charge in [-0.1, -0.05) is 18.2 Å². The number of likely N-dealkylation sites (tertiary alicyclic amines) is 1. The number of benzene rings is 1. The van der Waals surface area contributed by atoms with Gasteiger partial charge in [-0.15, -0.1) is 0 Å². The van der Waals surface area contributed by atoms with E-state index in [0.717, 1.165) is 12.2 Å². The van der Waals surface area contributed by atoms with Crippen LogP contribution in [-0.2, 0) is 4.79 Å². The van der Waals surface area contributed by atoms with Gasteiger partial charge in [0.25, 0.3) is 0 Å². The summed E-state index contributed by atoms with van der Waals surface area (Å²) in [5.41, 5.74) is 0. The molecule has 1 aliphatic heterocycles. The molecule has 0 spiro atoms. The molecule has 1 unspecified atom stereocenters. The number of nitrogens with zero attached hydrogens (tertiary/aromatic N) is 2. The lowest BCUT2D eigenvalue weighted by atomic mass is 10.1. The van der Waals surface area contributed by atoms with E-state index in [0.29, 0.717) is 26.1 Å². The molecule has 0 aliphatic carbocycles. The van der Waals surface area contributed by atoms with E-state index in [2.05, 4.69) is 6.07 Å². The summed E-state index contributed by atoms with van der Waals surface area (Å²) in [6, 6.07) is 11.8. The number of carbonyl (C=O) groups is 1. The van der Waals surface area contributed by atoms with Gasteiger partial charge >= 0.3 is 0 Å². The van der Waals surface area contributed by atoms with Crippen LogP contribution in [0.15, 0.2) is 30.3 Å². The van der Waals surface area contributed by atoms with E-state index in [9.17, 15) is 4.79 Å². The van der Waals surface area contributed by atoms with Gasteiger partial charge in [-0.25, -0.2) is 0 Å². The molecule has 94 valence electrons. The van der Waals surface area contributed by atoms with Crippen molar-refractivity contribution in [1.82, 2.24) is 4.90 Å². The fraction of sp³-hybridized carbons (Fsp3) is 0.429. The van der Waals surface area contributed by atoms with Crippen LogP contribution in [-0.4, -0.2) is 30.5 Å². The normalized spacial score (nSPS) is 18.7. The Morgan fingerprint density at radius 2 is 2.17 bits per heavy atom. The highest BCUT2D eigenvalue weighted by Crippen LogP contribution is 2.17. The van der Waals surface area contributed by atoms with Crippen LogP contribution < -0.4 is 4.74 Å². The van der Waals surface area contributed by atoms with Crippen LogP contribution >= 0.6 is 0 Å². The first-order valence-electron chi connectivity index (χ1n) is 6.15. The Kier molecular flexibility index (Phi) is 4.19. The van der Waals surface area contributed by atoms with Crippen molar-refractivity contribution in [1.29, 1.82) is 5.26 Å². The molecule has 1 amide bonds. The maximum atomic E-state index is 11.5. The van der Waals surface area contributed by atoms with E-state index in [1.165, 1.54) is 0 Å². The fourth-order valence-electron chi connectivity index (χ4n) is 2.04. The van der Waals surface area contributed by atoms with Crippen LogP contribution in [0.1, 0.15) is 12.8 Å². The molecule has 0 saturated carbocycles. The predicted molar refractivity (Wildman–Crippen MR) is 66.9 cm³/mol. The molecular formula is C14H16N2O2. The van der Waals surface area contributed by atoms with Crippen LogP contribution in [0.2, 0.25) is 0 Å². The molecule has 0 bridgehead atoms. The average molecular weight is 244 g/mol. The third-order valence-electron chi connectivity index (χ3n) is 2.98. The standard InChI is InChI=1S/C14H16N2O2/c15-10-12-9-14(17)16(11-12)7-4-8-18-13-5-2-1-3-6-13/h1-3,5-6,12H,4,7-9,11H2. The molecule has 4 heteroatoms. The highest BCUT2D eigenvalue weighted by Gasteiger charge is 2.28. The Labute approximate surface area is 107 Å².